The molecule has 0 aromatic heterocycles. The van der Waals surface area contributed by atoms with E-state index in [1.807, 2.05) is 0 Å². The number of hydrogen-bond donors (Lipinski definition) is 2. The normalized spacial score (nSPS) is 12.0. The first-order chi connectivity index (χ1) is 12.6. The Hall–Kier alpha value is -2.23. The predicted molar refractivity (Wildman–Crippen MR) is 105 cm³/mol. The molecule has 0 aliphatic rings. The SMILES string of the molecule is CS(=O)(=O)CCC(N)C(=O)Nc1ccc(OCc2cccc(F)c2)c(F)c1.Cl. The molecule has 0 fully saturated rings. The maximum atomic E-state index is 14.1. The number of hydrogen-bond acceptors (Lipinski definition) is 5. The van der Waals surface area contributed by atoms with Gasteiger partial charge in [-0.25, -0.2) is 17.2 Å². The van der Waals surface area contributed by atoms with Gasteiger partial charge in [0, 0.05) is 18.0 Å². The van der Waals surface area contributed by atoms with Gasteiger partial charge in [-0.1, -0.05) is 12.1 Å². The second-order valence-corrected chi connectivity index (χ2v) is 8.34. The lowest BCUT2D eigenvalue weighted by Gasteiger charge is -2.13. The number of amides is 1. The summed E-state index contributed by atoms with van der Waals surface area (Å²) in [6.07, 6.45) is 1.01. The number of halogens is 3. The Morgan fingerprint density at radius 1 is 1.21 bits per heavy atom. The molecule has 3 N–H and O–H groups in total. The van der Waals surface area contributed by atoms with E-state index in [2.05, 4.69) is 5.32 Å². The quantitative estimate of drug-likeness (QED) is 0.665. The lowest BCUT2D eigenvalue weighted by atomic mass is 10.2. The molecule has 1 atom stereocenters. The van der Waals surface area contributed by atoms with Crippen molar-refractivity contribution in [3.05, 3.63) is 59.7 Å². The van der Waals surface area contributed by atoms with Crippen molar-refractivity contribution in [1.29, 1.82) is 0 Å². The van der Waals surface area contributed by atoms with E-state index in [0.717, 1.165) is 12.3 Å². The van der Waals surface area contributed by atoms with Crippen molar-refractivity contribution in [3.8, 4) is 5.75 Å². The average molecular weight is 435 g/mol. The van der Waals surface area contributed by atoms with Crippen LogP contribution in [0.5, 0.6) is 5.75 Å². The fourth-order valence-electron chi connectivity index (χ4n) is 2.19. The summed E-state index contributed by atoms with van der Waals surface area (Å²) in [5, 5.41) is 2.42. The minimum Gasteiger partial charge on any atom is -0.486 e. The Balaban J connectivity index is 0.00000392. The van der Waals surface area contributed by atoms with Crippen LogP contribution in [0.2, 0.25) is 0 Å². The monoisotopic (exact) mass is 434 g/mol. The first-order valence-electron chi connectivity index (χ1n) is 8.05. The maximum absolute atomic E-state index is 14.1. The summed E-state index contributed by atoms with van der Waals surface area (Å²) < 4.78 is 54.8. The van der Waals surface area contributed by atoms with E-state index < -0.39 is 33.4 Å². The molecule has 1 amide bonds. The van der Waals surface area contributed by atoms with Crippen molar-refractivity contribution in [2.75, 3.05) is 17.3 Å². The van der Waals surface area contributed by atoms with Gasteiger partial charge in [0.05, 0.1) is 11.8 Å². The van der Waals surface area contributed by atoms with Gasteiger partial charge in [0.25, 0.3) is 0 Å². The molecular weight excluding hydrogens is 414 g/mol. The summed E-state index contributed by atoms with van der Waals surface area (Å²) in [7, 11) is -3.23. The zero-order valence-corrected chi connectivity index (χ0v) is 16.7. The van der Waals surface area contributed by atoms with Gasteiger partial charge in [-0.15, -0.1) is 12.4 Å². The Kier molecular flexibility index (Phi) is 8.80. The summed E-state index contributed by atoms with van der Waals surface area (Å²) in [6, 6.07) is 8.52. The Bertz CT molecular complexity index is 926. The highest BCUT2D eigenvalue weighted by Crippen LogP contribution is 2.22. The van der Waals surface area contributed by atoms with Crippen molar-refractivity contribution in [3.63, 3.8) is 0 Å². The summed E-state index contributed by atoms with van der Waals surface area (Å²) in [5.74, 6) is -2.02. The molecule has 154 valence electrons. The molecule has 0 saturated carbocycles. The highest BCUT2D eigenvalue weighted by atomic mass is 35.5. The fourth-order valence-corrected chi connectivity index (χ4v) is 2.87. The largest absolute Gasteiger partial charge is 0.486 e. The standard InChI is InChI=1S/C18H20F2N2O4S.ClH/c1-27(24,25)8-7-16(21)18(23)22-14-5-6-17(15(20)10-14)26-11-12-3-2-4-13(19)9-12;/h2-6,9-10,16H,7-8,11,21H2,1H3,(H,22,23);1H. The van der Waals surface area contributed by atoms with E-state index in [-0.39, 0.29) is 42.6 Å². The van der Waals surface area contributed by atoms with E-state index in [9.17, 15) is 22.0 Å². The number of sulfone groups is 1. The Morgan fingerprint density at radius 3 is 2.54 bits per heavy atom. The number of benzene rings is 2. The summed E-state index contributed by atoms with van der Waals surface area (Å²) >= 11 is 0. The number of rotatable bonds is 8. The van der Waals surface area contributed by atoms with Gasteiger partial charge in [-0.3, -0.25) is 4.79 Å². The highest BCUT2D eigenvalue weighted by Gasteiger charge is 2.17. The van der Waals surface area contributed by atoms with Crippen LogP contribution in [0, 0.1) is 11.6 Å². The fraction of sp³-hybridized carbons (Fsp3) is 0.278. The van der Waals surface area contributed by atoms with E-state index >= 15 is 0 Å². The molecule has 10 heteroatoms. The van der Waals surface area contributed by atoms with Crippen LogP contribution < -0.4 is 15.8 Å². The van der Waals surface area contributed by atoms with E-state index in [0.29, 0.717) is 5.56 Å². The lowest BCUT2D eigenvalue weighted by Crippen LogP contribution is -2.37. The van der Waals surface area contributed by atoms with Gasteiger partial charge in [-0.05, 0) is 36.2 Å². The molecule has 0 aliphatic carbocycles. The second-order valence-electron chi connectivity index (χ2n) is 6.08. The van der Waals surface area contributed by atoms with Gasteiger partial charge in [-0.2, -0.15) is 0 Å². The lowest BCUT2D eigenvalue weighted by molar-refractivity contribution is -0.117. The molecule has 0 aliphatic heterocycles. The Labute approximate surface area is 168 Å². The molecule has 28 heavy (non-hydrogen) atoms. The third kappa shape index (κ3) is 7.79. The van der Waals surface area contributed by atoms with Gasteiger partial charge in [0.1, 0.15) is 22.3 Å². The first kappa shape index (κ1) is 23.8. The van der Waals surface area contributed by atoms with Crippen molar-refractivity contribution in [2.45, 2.75) is 19.1 Å². The molecular formula is C18H21ClF2N2O4S. The summed E-state index contributed by atoms with van der Waals surface area (Å²) in [4.78, 5) is 11.9. The minimum absolute atomic E-state index is 0. The van der Waals surface area contributed by atoms with E-state index in [1.54, 1.807) is 6.07 Å². The minimum atomic E-state index is -3.23. The Morgan fingerprint density at radius 2 is 1.93 bits per heavy atom. The zero-order chi connectivity index (χ0) is 20.0. The van der Waals surface area contributed by atoms with Crippen LogP contribution in [-0.4, -0.2) is 32.4 Å². The molecule has 1 unspecified atom stereocenters. The molecule has 0 heterocycles. The van der Waals surface area contributed by atoms with Crippen molar-refractivity contribution < 1.29 is 26.7 Å². The van der Waals surface area contributed by atoms with Crippen LogP contribution in [0.25, 0.3) is 0 Å². The molecule has 0 radical (unpaired) electrons. The van der Waals surface area contributed by atoms with Crippen molar-refractivity contribution in [2.24, 2.45) is 5.73 Å². The third-order valence-electron chi connectivity index (χ3n) is 3.62. The number of carbonyl (C=O) groups excluding carboxylic acids is 1. The number of anilines is 1. The van der Waals surface area contributed by atoms with Crippen LogP contribution in [0.15, 0.2) is 42.5 Å². The van der Waals surface area contributed by atoms with Crippen molar-refractivity contribution >= 4 is 33.8 Å². The van der Waals surface area contributed by atoms with Crippen LogP contribution in [0.4, 0.5) is 14.5 Å². The molecule has 2 aromatic rings. The van der Waals surface area contributed by atoms with Crippen LogP contribution in [0.1, 0.15) is 12.0 Å². The van der Waals surface area contributed by atoms with Crippen molar-refractivity contribution in [1.82, 2.24) is 0 Å². The van der Waals surface area contributed by atoms with Crippen LogP contribution in [0.3, 0.4) is 0 Å². The van der Waals surface area contributed by atoms with Gasteiger partial charge < -0.3 is 15.8 Å². The molecule has 6 nitrogen and oxygen atoms in total. The molecule has 2 rings (SSSR count). The number of nitrogens with two attached hydrogens (primary N) is 1. The number of carbonyl (C=O) groups is 1. The van der Waals surface area contributed by atoms with E-state index in [4.69, 9.17) is 10.5 Å². The van der Waals surface area contributed by atoms with Gasteiger partial charge in [0.15, 0.2) is 11.6 Å². The topological polar surface area (TPSA) is 98.5 Å². The number of nitrogens with one attached hydrogen (secondary N) is 1. The average Bonchev–Trinajstić information content (AvgIpc) is 2.58. The molecule has 0 bridgehead atoms. The van der Waals surface area contributed by atoms with Gasteiger partial charge in [0.2, 0.25) is 5.91 Å². The van der Waals surface area contributed by atoms with Crippen LogP contribution in [-0.2, 0) is 21.2 Å². The summed E-state index contributed by atoms with van der Waals surface area (Å²) in [5.41, 5.74) is 6.34. The molecule has 2 aromatic carbocycles. The maximum Gasteiger partial charge on any atom is 0.241 e. The van der Waals surface area contributed by atoms with Gasteiger partial charge >= 0.3 is 0 Å². The zero-order valence-electron chi connectivity index (χ0n) is 15.0. The number of ether oxygens (including phenoxy) is 1. The predicted octanol–water partition coefficient (Wildman–Crippen LogP) is 2.67. The highest BCUT2D eigenvalue weighted by molar-refractivity contribution is 7.90. The summed E-state index contributed by atoms with van der Waals surface area (Å²) in [6.45, 7) is -0.0171. The second kappa shape index (κ2) is 10.4. The third-order valence-corrected chi connectivity index (χ3v) is 4.60. The van der Waals surface area contributed by atoms with Crippen LogP contribution >= 0.6 is 12.4 Å². The molecule has 0 saturated heterocycles. The molecule has 0 spiro atoms. The van der Waals surface area contributed by atoms with E-state index in [1.165, 1.54) is 30.3 Å². The smallest absolute Gasteiger partial charge is 0.241 e. The first-order valence-corrected chi connectivity index (χ1v) is 10.1.